The molecule has 0 aromatic carbocycles. The van der Waals surface area contributed by atoms with Gasteiger partial charge in [-0.25, -0.2) is 4.79 Å². The Labute approximate surface area is 83.0 Å². The summed E-state index contributed by atoms with van der Waals surface area (Å²) < 4.78 is 5.34. The molecule has 0 aliphatic carbocycles. The van der Waals surface area contributed by atoms with Gasteiger partial charge in [0, 0.05) is 25.6 Å². The molecule has 2 N–H and O–H groups in total. The van der Waals surface area contributed by atoms with Crippen molar-refractivity contribution in [1.29, 1.82) is 0 Å². The Kier molecular flexibility index (Phi) is 4.93. The van der Waals surface area contributed by atoms with Gasteiger partial charge in [0.25, 0.3) is 0 Å². The largest absolute Gasteiger partial charge is 0.376 e. The topological polar surface area (TPSA) is 50.4 Å². The molecule has 4 nitrogen and oxygen atoms in total. The molecular formula is C8H15ClN2O2. The highest BCUT2D eigenvalue weighted by Gasteiger charge is 2.15. The number of hydrogen-bond donors (Lipinski definition) is 2. The van der Waals surface area contributed by atoms with E-state index in [2.05, 4.69) is 10.6 Å². The van der Waals surface area contributed by atoms with Crippen molar-refractivity contribution in [3.63, 3.8) is 0 Å². The Morgan fingerprint density at radius 1 is 1.54 bits per heavy atom. The summed E-state index contributed by atoms with van der Waals surface area (Å²) in [6.07, 6.45) is 2.33. The molecule has 13 heavy (non-hydrogen) atoms. The van der Waals surface area contributed by atoms with Gasteiger partial charge < -0.3 is 15.4 Å². The summed E-state index contributed by atoms with van der Waals surface area (Å²) in [6, 6.07) is -0.170. The molecule has 76 valence electrons. The highest BCUT2D eigenvalue weighted by atomic mass is 35.5. The van der Waals surface area contributed by atoms with E-state index in [1.54, 1.807) is 0 Å². The van der Waals surface area contributed by atoms with Crippen molar-refractivity contribution in [1.82, 2.24) is 10.6 Å². The van der Waals surface area contributed by atoms with Crippen molar-refractivity contribution in [2.75, 3.05) is 25.6 Å². The number of rotatable bonds is 4. The Balaban J connectivity index is 2.00. The smallest absolute Gasteiger partial charge is 0.314 e. The number of carbonyl (C=O) groups is 1. The average Bonchev–Trinajstić information content (AvgIpc) is 2.64. The number of halogens is 1. The van der Waals surface area contributed by atoms with E-state index in [1.165, 1.54) is 0 Å². The minimum absolute atomic E-state index is 0.170. The Bertz CT molecular complexity index is 160. The third-order valence-corrected chi connectivity index (χ3v) is 2.08. The normalized spacial score (nSPS) is 21.5. The van der Waals surface area contributed by atoms with Crippen LogP contribution in [0.15, 0.2) is 0 Å². The zero-order chi connectivity index (χ0) is 9.52. The molecule has 0 aromatic rings. The predicted molar refractivity (Wildman–Crippen MR) is 51.1 cm³/mol. The molecule has 1 heterocycles. The molecule has 0 saturated carbocycles. The maximum Gasteiger partial charge on any atom is 0.314 e. The van der Waals surface area contributed by atoms with Crippen molar-refractivity contribution < 1.29 is 9.53 Å². The lowest BCUT2D eigenvalue weighted by atomic mass is 10.2. The van der Waals surface area contributed by atoms with Crippen molar-refractivity contribution in [3.8, 4) is 0 Å². The summed E-state index contributed by atoms with van der Waals surface area (Å²) >= 11 is 5.41. The summed E-state index contributed by atoms with van der Waals surface area (Å²) in [4.78, 5) is 11.0. The molecule has 1 fully saturated rings. The summed E-state index contributed by atoms with van der Waals surface area (Å²) in [5, 5.41) is 5.34. The van der Waals surface area contributed by atoms with Gasteiger partial charge in [0.15, 0.2) is 0 Å². The standard InChI is InChI=1S/C8H15ClN2O2/c9-3-4-10-8(12)11-6-7-2-1-5-13-7/h7H,1-6H2,(H2,10,11,12). The first-order valence-electron chi connectivity index (χ1n) is 4.52. The van der Waals surface area contributed by atoms with Gasteiger partial charge in [0.2, 0.25) is 0 Å². The van der Waals surface area contributed by atoms with Crippen molar-refractivity contribution in [3.05, 3.63) is 0 Å². The molecule has 1 aliphatic heterocycles. The van der Waals surface area contributed by atoms with Crippen LogP contribution >= 0.6 is 11.6 Å². The molecule has 0 aromatic heterocycles. The fourth-order valence-corrected chi connectivity index (χ4v) is 1.33. The van der Waals surface area contributed by atoms with Gasteiger partial charge in [0.1, 0.15) is 0 Å². The fraction of sp³-hybridized carbons (Fsp3) is 0.875. The van der Waals surface area contributed by atoms with Crippen LogP contribution in [0.25, 0.3) is 0 Å². The Morgan fingerprint density at radius 3 is 3.00 bits per heavy atom. The third-order valence-electron chi connectivity index (χ3n) is 1.89. The number of hydrogen-bond acceptors (Lipinski definition) is 2. The SMILES string of the molecule is O=C(NCCCl)NCC1CCCO1. The predicted octanol–water partition coefficient (Wildman–Crippen LogP) is 0.703. The second kappa shape index (κ2) is 6.05. The average molecular weight is 207 g/mol. The van der Waals surface area contributed by atoms with Gasteiger partial charge in [-0.3, -0.25) is 0 Å². The molecule has 0 spiro atoms. The molecule has 5 heteroatoms. The maximum atomic E-state index is 11.0. The number of carbonyl (C=O) groups excluding carboxylic acids is 1. The van der Waals surface area contributed by atoms with E-state index in [9.17, 15) is 4.79 Å². The van der Waals surface area contributed by atoms with Crippen molar-refractivity contribution in [2.45, 2.75) is 18.9 Å². The number of alkyl halides is 1. The fourth-order valence-electron chi connectivity index (χ4n) is 1.24. The van der Waals surface area contributed by atoms with Gasteiger partial charge in [-0.1, -0.05) is 0 Å². The van der Waals surface area contributed by atoms with Gasteiger partial charge in [-0.2, -0.15) is 0 Å². The van der Waals surface area contributed by atoms with E-state index >= 15 is 0 Å². The lowest BCUT2D eigenvalue weighted by Gasteiger charge is -2.10. The summed E-state index contributed by atoms with van der Waals surface area (Å²) in [6.45, 7) is 1.91. The molecular weight excluding hydrogens is 192 g/mol. The molecule has 1 saturated heterocycles. The Morgan fingerprint density at radius 2 is 2.38 bits per heavy atom. The molecule has 0 radical (unpaired) electrons. The lowest BCUT2D eigenvalue weighted by Crippen LogP contribution is -2.40. The van der Waals surface area contributed by atoms with Crippen LogP contribution in [0, 0.1) is 0 Å². The van der Waals surface area contributed by atoms with E-state index in [-0.39, 0.29) is 12.1 Å². The zero-order valence-corrected chi connectivity index (χ0v) is 8.27. The molecule has 1 rings (SSSR count). The number of ether oxygens (including phenoxy) is 1. The van der Waals surface area contributed by atoms with Gasteiger partial charge in [-0.15, -0.1) is 11.6 Å². The van der Waals surface area contributed by atoms with Crippen LogP contribution in [0.4, 0.5) is 4.79 Å². The van der Waals surface area contributed by atoms with Gasteiger partial charge >= 0.3 is 6.03 Å². The van der Waals surface area contributed by atoms with Crippen LogP contribution in [-0.4, -0.2) is 37.7 Å². The first-order valence-corrected chi connectivity index (χ1v) is 5.05. The van der Waals surface area contributed by atoms with Crippen molar-refractivity contribution in [2.24, 2.45) is 0 Å². The first-order chi connectivity index (χ1) is 6.33. The van der Waals surface area contributed by atoms with E-state index in [4.69, 9.17) is 16.3 Å². The highest BCUT2D eigenvalue weighted by molar-refractivity contribution is 6.18. The summed E-state index contributed by atoms with van der Waals surface area (Å²) in [5.74, 6) is 0.438. The molecule has 1 aliphatic rings. The van der Waals surface area contributed by atoms with Crippen LogP contribution in [0.5, 0.6) is 0 Å². The van der Waals surface area contributed by atoms with Crippen LogP contribution in [0.1, 0.15) is 12.8 Å². The van der Waals surface area contributed by atoms with E-state index < -0.39 is 0 Å². The van der Waals surface area contributed by atoms with E-state index in [0.29, 0.717) is 19.0 Å². The molecule has 2 amide bonds. The zero-order valence-electron chi connectivity index (χ0n) is 7.51. The summed E-state index contributed by atoms with van der Waals surface area (Å²) in [7, 11) is 0. The first kappa shape index (κ1) is 10.6. The van der Waals surface area contributed by atoms with Gasteiger partial charge in [0.05, 0.1) is 6.10 Å². The van der Waals surface area contributed by atoms with Crippen LogP contribution in [-0.2, 0) is 4.74 Å². The van der Waals surface area contributed by atoms with E-state index in [1.807, 2.05) is 0 Å². The minimum Gasteiger partial charge on any atom is -0.376 e. The van der Waals surface area contributed by atoms with E-state index in [0.717, 1.165) is 19.4 Å². The summed E-state index contributed by atoms with van der Waals surface area (Å²) in [5.41, 5.74) is 0. The monoisotopic (exact) mass is 206 g/mol. The lowest BCUT2D eigenvalue weighted by molar-refractivity contribution is 0.111. The minimum atomic E-state index is -0.170. The van der Waals surface area contributed by atoms with Crippen LogP contribution < -0.4 is 10.6 Å². The number of urea groups is 1. The van der Waals surface area contributed by atoms with Gasteiger partial charge in [-0.05, 0) is 12.8 Å². The second-order valence-corrected chi connectivity index (χ2v) is 3.34. The quantitative estimate of drug-likeness (QED) is 0.666. The number of nitrogens with one attached hydrogen (secondary N) is 2. The van der Waals surface area contributed by atoms with Crippen molar-refractivity contribution >= 4 is 17.6 Å². The number of amides is 2. The molecule has 1 unspecified atom stereocenters. The second-order valence-electron chi connectivity index (χ2n) is 2.96. The highest BCUT2D eigenvalue weighted by Crippen LogP contribution is 2.10. The molecule has 0 bridgehead atoms. The van der Waals surface area contributed by atoms with Crippen LogP contribution in [0.2, 0.25) is 0 Å². The van der Waals surface area contributed by atoms with Crippen LogP contribution in [0.3, 0.4) is 0 Å². The molecule has 1 atom stereocenters. The third kappa shape index (κ3) is 4.33. The maximum absolute atomic E-state index is 11.0. The Hall–Kier alpha value is -0.480.